The summed E-state index contributed by atoms with van der Waals surface area (Å²) >= 11 is 2.63. The second kappa shape index (κ2) is 9.36. The molecule has 0 bridgehead atoms. The van der Waals surface area contributed by atoms with Crippen LogP contribution in [-0.4, -0.2) is 29.5 Å². The number of hydrogen-bond acceptors (Lipinski definition) is 5. The van der Waals surface area contributed by atoms with Crippen LogP contribution in [0.3, 0.4) is 0 Å². The number of aromatic nitrogens is 2. The van der Waals surface area contributed by atoms with Gasteiger partial charge in [-0.2, -0.15) is 13.2 Å². The van der Waals surface area contributed by atoms with Crippen LogP contribution in [0.15, 0.2) is 40.7 Å². The van der Waals surface area contributed by atoms with Crippen LogP contribution in [0.25, 0.3) is 10.6 Å². The molecule has 2 aromatic heterocycles. The lowest BCUT2D eigenvalue weighted by Crippen LogP contribution is -2.37. The first-order chi connectivity index (χ1) is 13.9. The molecular weight excluding hydrogens is 419 g/mol. The highest BCUT2D eigenvalue weighted by molar-refractivity contribution is 7.15. The number of rotatable bonds is 6. The van der Waals surface area contributed by atoms with Gasteiger partial charge in [0.15, 0.2) is 11.7 Å². The number of guanidine groups is 1. The molecule has 154 valence electrons. The third kappa shape index (κ3) is 5.77. The van der Waals surface area contributed by atoms with Gasteiger partial charge < -0.3 is 10.6 Å². The predicted molar refractivity (Wildman–Crippen MR) is 111 cm³/mol. The normalized spacial score (nSPS) is 12.2. The first-order valence-corrected chi connectivity index (χ1v) is 10.5. The average Bonchev–Trinajstić information content (AvgIpc) is 3.32. The van der Waals surface area contributed by atoms with E-state index in [0.717, 1.165) is 37.9 Å². The van der Waals surface area contributed by atoms with E-state index in [2.05, 4.69) is 25.6 Å². The van der Waals surface area contributed by atoms with Crippen LogP contribution >= 0.6 is 22.7 Å². The summed E-state index contributed by atoms with van der Waals surface area (Å²) in [6.07, 6.45) is -4.01. The Labute approximate surface area is 174 Å². The Kier molecular flexibility index (Phi) is 6.86. The molecule has 5 nitrogen and oxygen atoms in total. The number of alkyl halides is 3. The first-order valence-electron chi connectivity index (χ1n) is 8.84. The maximum atomic E-state index is 12.6. The lowest BCUT2D eigenvalue weighted by Gasteiger charge is -2.10. The van der Waals surface area contributed by atoms with Crippen LogP contribution in [0.2, 0.25) is 0 Å². The summed E-state index contributed by atoms with van der Waals surface area (Å²) in [7, 11) is 1.65. The number of halogens is 3. The van der Waals surface area contributed by atoms with Gasteiger partial charge in [0.2, 0.25) is 0 Å². The minimum absolute atomic E-state index is 0.388. The van der Waals surface area contributed by atoms with Gasteiger partial charge in [0.1, 0.15) is 5.01 Å². The summed E-state index contributed by atoms with van der Waals surface area (Å²) in [5.74, 6) is 0.576. The average molecular weight is 440 g/mol. The molecule has 0 unspecified atom stereocenters. The molecule has 0 atom stereocenters. The zero-order chi connectivity index (χ0) is 20.9. The molecule has 3 rings (SSSR count). The summed E-state index contributed by atoms with van der Waals surface area (Å²) in [6.45, 7) is 2.96. The van der Waals surface area contributed by atoms with Gasteiger partial charge in [0.05, 0.1) is 17.2 Å². The van der Waals surface area contributed by atoms with Crippen molar-refractivity contribution in [2.75, 3.05) is 13.6 Å². The van der Waals surface area contributed by atoms with Crippen LogP contribution < -0.4 is 10.6 Å². The van der Waals surface area contributed by atoms with E-state index >= 15 is 0 Å². The van der Waals surface area contributed by atoms with Gasteiger partial charge in [0, 0.05) is 35.8 Å². The van der Waals surface area contributed by atoms with Crippen molar-refractivity contribution >= 4 is 28.6 Å². The van der Waals surface area contributed by atoms with Crippen molar-refractivity contribution < 1.29 is 13.2 Å². The van der Waals surface area contributed by atoms with E-state index in [0.29, 0.717) is 30.5 Å². The Morgan fingerprint density at radius 2 is 1.90 bits per heavy atom. The number of nitrogens with one attached hydrogen (secondary N) is 2. The number of nitrogens with zero attached hydrogens (tertiary/aromatic N) is 3. The quantitative estimate of drug-likeness (QED) is 0.439. The van der Waals surface area contributed by atoms with E-state index in [9.17, 15) is 13.2 Å². The van der Waals surface area contributed by atoms with E-state index in [-0.39, 0.29) is 0 Å². The molecule has 0 spiro atoms. The summed E-state index contributed by atoms with van der Waals surface area (Å²) < 4.78 is 37.8. The monoisotopic (exact) mass is 439 g/mol. The van der Waals surface area contributed by atoms with Crippen molar-refractivity contribution in [2.45, 2.75) is 26.1 Å². The number of aryl methyl sites for hydroxylation is 1. The highest BCUT2D eigenvalue weighted by atomic mass is 32.1. The molecule has 0 saturated heterocycles. The molecule has 0 aliphatic heterocycles. The van der Waals surface area contributed by atoms with Crippen LogP contribution in [-0.2, 0) is 19.1 Å². The molecule has 0 radical (unpaired) electrons. The third-order valence-corrected chi connectivity index (χ3v) is 6.14. The molecule has 0 aliphatic carbocycles. The van der Waals surface area contributed by atoms with Crippen molar-refractivity contribution in [3.63, 3.8) is 0 Å². The molecule has 0 aliphatic rings. The van der Waals surface area contributed by atoms with Gasteiger partial charge in [-0.3, -0.25) is 4.99 Å². The summed E-state index contributed by atoms with van der Waals surface area (Å²) in [5, 5.41) is 8.76. The molecule has 1 aromatic carbocycles. The summed E-state index contributed by atoms with van der Waals surface area (Å²) in [4.78, 5) is 13.5. The predicted octanol–water partition coefficient (Wildman–Crippen LogP) is 4.50. The minimum atomic E-state index is -4.40. The van der Waals surface area contributed by atoms with Gasteiger partial charge in [-0.05, 0) is 6.92 Å². The third-order valence-electron chi connectivity index (χ3n) is 4.03. The maximum absolute atomic E-state index is 12.6. The van der Waals surface area contributed by atoms with Crippen molar-refractivity contribution in [3.8, 4) is 10.6 Å². The largest absolute Gasteiger partial charge is 0.434 e. The van der Waals surface area contributed by atoms with Crippen molar-refractivity contribution in [1.29, 1.82) is 0 Å². The standard InChI is InChI=1S/C19H20F3N5S2/c1-12-14(29-17(26-12)13-6-4-3-5-7-13)10-25-18(23-2)24-9-8-16-27-15(11-28-16)19(20,21)22/h3-7,11H,8-10H2,1-2H3,(H2,23,24,25). The van der Waals surface area contributed by atoms with E-state index in [4.69, 9.17) is 0 Å². The van der Waals surface area contributed by atoms with Gasteiger partial charge in [-0.15, -0.1) is 22.7 Å². The fourth-order valence-corrected chi connectivity index (χ4v) is 4.34. The zero-order valence-electron chi connectivity index (χ0n) is 15.9. The summed E-state index contributed by atoms with van der Waals surface area (Å²) in [5.41, 5.74) is 1.20. The highest BCUT2D eigenvalue weighted by Gasteiger charge is 2.33. The molecule has 0 amide bonds. The second-order valence-corrected chi connectivity index (χ2v) is 8.15. The van der Waals surface area contributed by atoms with E-state index < -0.39 is 11.9 Å². The SMILES string of the molecule is CN=C(NCCc1nc(C(F)(F)F)cs1)NCc1sc(-c2ccccc2)nc1C. The Morgan fingerprint density at radius 1 is 1.14 bits per heavy atom. The van der Waals surface area contributed by atoms with Crippen LogP contribution in [0.1, 0.15) is 21.3 Å². The second-order valence-electron chi connectivity index (χ2n) is 6.12. The zero-order valence-corrected chi connectivity index (χ0v) is 17.5. The lowest BCUT2D eigenvalue weighted by molar-refractivity contribution is -0.140. The molecule has 2 heterocycles. The van der Waals surface area contributed by atoms with E-state index in [1.165, 1.54) is 0 Å². The molecule has 29 heavy (non-hydrogen) atoms. The Balaban J connectivity index is 1.51. The lowest BCUT2D eigenvalue weighted by atomic mass is 10.2. The number of benzene rings is 1. The Morgan fingerprint density at radius 3 is 2.55 bits per heavy atom. The molecular formula is C19H20F3N5S2. The number of hydrogen-bond donors (Lipinski definition) is 2. The Hall–Kier alpha value is -2.46. The van der Waals surface area contributed by atoms with Gasteiger partial charge in [-0.1, -0.05) is 30.3 Å². The van der Waals surface area contributed by atoms with Gasteiger partial charge in [-0.25, -0.2) is 9.97 Å². The highest BCUT2D eigenvalue weighted by Crippen LogP contribution is 2.30. The minimum Gasteiger partial charge on any atom is -0.356 e. The summed E-state index contributed by atoms with van der Waals surface area (Å²) in [6, 6.07) is 9.99. The van der Waals surface area contributed by atoms with E-state index in [1.54, 1.807) is 18.4 Å². The van der Waals surface area contributed by atoms with Crippen LogP contribution in [0.4, 0.5) is 13.2 Å². The fourth-order valence-electron chi connectivity index (χ4n) is 2.52. The first kappa shape index (κ1) is 21.3. The molecule has 0 saturated carbocycles. The van der Waals surface area contributed by atoms with Gasteiger partial charge in [0.25, 0.3) is 0 Å². The van der Waals surface area contributed by atoms with E-state index in [1.807, 2.05) is 37.3 Å². The molecule has 2 N–H and O–H groups in total. The maximum Gasteiger partial charge on any atom is 0.434 e. The van der Waals surface area contributed by atoms with Crippen LogP contribution in [0, 0.1) is 6.92 Å². The smallest absolute Gasteiger partial charge is 0.356 e. The van der Waals surface area contributed by atoms with Crippen molar-refractivity contribution in [2.24, 2.45) is 4.99 Å². The molecule has 0 fully saturated rings. The fraction of sp³-hybridized carbons (Fsp3) is 0.316. The van der Waals surface area contributed by atoms with Crippen LogP contribution in [0.5, 0.6) is 0 Å². The van der Waals surface area contributed by atoms with Gasteiger partial charge >= 0.3 is 6.18 Å². The number of thiazole rings is 2. The molecule has 3 aromatic rings. The number of aliphatic imine (C=N–C) groups is 1. The van der Waals surface area contributed by atoms with Crippen molar-refractivity contribution in [3.05, 3.63) is 57.0 Å². The topological polar surface area (TPSA) is 62.2 Å². The Bertz CT molecular complexity index is 964. The van der Waals surface area contributed by atoms with Crippen molar-refractivity contribution in [1.82, 2.24) is 20.6 Å². The molecule has 10 heteroatoms.